The van der Waals surface area contributed by atoms with E-state index in [4.69, 9.17) is 9.47 Å². The van der Waals surface area contributed by atoms with Gasteiger partial charge in [0.2, 0.25) is 0 Å². The number of hydrogen-bond acceptors (Lipinski definition) is 6. The van der Waals surface area contributed by atoms with Gasteiger partial charge in [0, 0.05) is 34.8 Å². The van der Waals surface area contributed by atoms with Crippen molar-refractivity contribution in [2.24, 2.45) is 23.7 Å². The second-order valence-electron chi connectivity index (χ2n) is 7.33. The fourth-order valence-electron chi connectivity index (χ4n) is 5.07. The average Bonchev–Trinajstić information content (AvgIpc) is 2.69. The van der Waals surface area contributed by atoms with Gasteiger partial charge in [-0.2, -0.15) is 0 Å². The van der Waals surface area contributed by atoms with Crippen molar-refractivity contribution in [2.75, 3.05) is 14.2 Å². The van der Waals surface area contributed by atoms with Crippen molar-refractivity contribution in [1.29, 1.82) is 0 Å². The summed E-state index contributed by atoms with van der Waals surface area (Å²) in [7, 11) is 2.86. The van der Waals surface area contributed by atoms with Gasteiger partial charge in [0.05, 0.1) is 25.3 Å². The van der Waals surface area contributed by atoms with Gasteiger partial charge >= 0.3 is 0 Å². The van der Waals surface area contributed by atoms with Crippen molar-refractivity contribution >= 4 is 23.1 Å². The zero-order valence-corrected chi connectivity index (χ0v) is 15.2. The predicted octanol–water partition coefficient (Wildman–Crippen LogP) is 2.64. The Hall–Kier alpha value is -3.28. The summed E-state index contributed by atoms with van der Waals surface area (Å²) >= 11 is 0. The lowest BCUT2D eigenvalue weighted by molar-refractivity contribution is 0.00219. The molecule has 0 amide bonds. The first kappa shape index (κ1) is 16.9. The molecule has 0 atom stereocenters. The first-order chi connectivity index (χ1) is 13.5. The molecule has 0 saturated heterocycles. The van der Waals surface area contributed by atoms with Gasteiger partial charge in [-0.1, -0.05) is 24.3 Å². The largest absolute Gasteiger partial charge is 0.496 e. The van der Waals surface area contributed by atoms with Gasteiger partial charge in [0.25, 0.3) is 0 Å². The molecule has 0 radical (unpaired) electrons. The summed E-state index contributed by atoms with van der Waals surface area (Å²) in [6, 6.07) is 9.68. The number of ether oxygens (including phenoxy) is 2. The number of ketones is 4. The predicted molar refractivity (Wildman–Crippen MR) is 97.3 cm³/mol. The molecule has 0 N–H and O–H groups in total. The van der Waals surface area contributed by atoms with E-state index < -0.39 is 23.7 Å². The number of carbonyl (C=O) groups excluding carboxylic acids is 4. The monoisotopic (exact) mass is 376 g/mol. The highest BCUT2D eigenvalue weighted by atomic mass is 16.5. The van der Waals surface area contributed by atoms with Gasteiger partial charge in [0.1, 0.15) is 11.5 Å². The first-order valence-electron chi connectivity index (χ1n) is 9.02. The Labute approximate surface area is 160 Å². The molecule has 1 fully saturated rings. The maximum atomic E-state index is 13.2. The van der Waals surface area contributed by atoms with Crippen LogP contribution in [0, 0.1) is 23.7 Å². The van der Waals surface area contributed by atoms with Crippen LogP contribution in [0.25, 0.3) is 0 Å². The normalized spacial score (nSPS) is 27.2. The molecule has 1 saturated carbocycles. The zero-order chi connectivity index (χ0) is 19.7. The minimum atomic E-state index is -0.822. The molecule has 0 aromatic heterocycles. The Balaban J connectivity index is 1.68. The van der Waals surface area contributed by atoms with Gasteiger partial charge in [-0.3, -0.25) is 19.2 Å². The van der Waals surface area contributed by atoms with Crippen LogP contribution in [0.3, 0.4) is 0 Å². The summed E-state index contributed by atoms with van der Waals surface area (Å²) in [5.41, 5.74) is 0.947. The molecule has 0 bridgehead atoms. The van der Waals surface area contributed by atoms with Crippen LogP contribution in [0.1, 0.15) is 41.4 Å². The standard InChI is InChI=1S/C22H16O6/c1-27-11-7-3-5-9-13(11)21(25)17-15(19(9)23)18-16(17)20(24)10-6-4-8-12(28-2)14(10)22(18)26/h3-8,15-18H,1-2H3. The summed E-state index contributed by atoms with van der Waals surface area (Å²) in [5, 5.41) is 0. The first-order valence-corrected chi connectivity index (χ1v) is 9.02. The molecule has 0 heterocycles. The van der Waals surface area contributed by atoms with E-state index in [1.807, 2.05) is 0 Å². The van der Waals surface area contributed by atoms with E-state index in [0.717, 1.165) is 0 Å². The Kier molecular flexibility index (Phi) is 3.38. The molecule has 6 nitrogen and oxygen atoms in total. The van der Waals surface area contributed by atoms with Gasteiger partial charge in [-0.25, -0.2) is 0 Å². The highest BCUT2D eigenvalue weighted by molar-refractivity contribution is 6.27. The topological polar surface area (TPSA) is 86.7 Å². The van der Waals surface area contributed by atoms with Crippen molar-refractivity contribution in [1.82, 2.24) is 0 Å². The number of benzene rings is 2. The van der Waals surface area contributed by atoms with Crippen molar-refractivity contribution < 1.29 is 28.7 Å². The zero-order valence-electron chi connectivity index (χ0n) is 15.2. The smallest absolute Gasteiger partial charge is 0.171 e. The molecule has 6 heteroatoms. The van der Waals surface area contributed by atoms with E-state index >= 15 is 0 Å². The minimum absolute atomic E-state index is 0.214. The Bertz CT molecular complexity index is 1000. The SMILES string of the molecule is COc1cccc2c1C(=O)C1C(C2=O)C2C(=O)c3c(OC)cccc3C(=O)C12. The molecule has 0 unspecified atom stereocenters. The lowest BCUT2D eigenvalue weighted by Gasteiger charge is -2.52. The molecule has 0 aliphatic heterocycles. The van der Waals surface area contributed by atoms with E-state index in [-0.39, 0.29) is 45.4 Å². The Morgan fingerprint density at radius 1 is 0.571 bits per heavy atom. The third-order valence-electron chi connectivity index (χ3n) is 6.27. The van der Waals surface area contributed by atoms with Crippen LogP contribution < -0.4 is 9.47 Å². The lowest BCUT2D eigenvalue weighted by Crippen LogP contribution is -2.63. The third kappa shape index (κ3) is 1.82. The van der Waals surface area contributed by atoms with Crippen LogP contribution in [0.2, 0.25) is 0 Å². The van der Waals surface area contributed by atoms with Crippen LogP contribution in [0.5, 0.6) is 11.5 Å². The van der Waals surface area contributed by atoms with Crippen molar-refractivity contribution in [3.8, 4) is 11.5 Å². The van der Waals surface area contributed by atoms with Crippen molar-refractivity contribution in [3.63, 3.8) is 0 Å². The fourth-order valence-corrected chi connectivity index (χ4v) is 5.07. The van der Waals surface area contributed by atoms with Crippen LogP contribution in [0.4, 0.5) is 0 Å². The van der Waals surface area contributed by atoms with Crippen molar-refractivity contribution in [2.45, 2.75) is 0 Å². The molecule has 0 spiro atoms. The molecule has 3 aliphatic rings. The molecule has 2 aromatic carbocycles. The summed E-state index contributed by atoms with van der Waals surface area (Å²) in [5.74, 6) is -3.80. The Morgan fingerprint density at radius 3 is 1.29 bits per heavy atom. The second kappa shape index (κ2) is 5.61. The maximum Gasteiger partial charge on any atom is 0.171 e. The Morgan fingerprint density at radius 2 is 0.929 bits per heavy atom. The minimum Gasteiger partial charge on any atom is -0.496 e. The van der Waals surface area contributed by atoms with Crippen LogP contribution in [0.15, 0.2) is 36.4 Å². The summed E-state index contributed by atoms with van der Waals surface area (Å²) in [4.78, 5) is 52.8. The van der Waals surface area contributed by atoms with Gasteiger partial charge in [-0.15, -0.1) is 0 Å². The number of Topliss-reactive ketones (excluding diaryl/α,β-unsaturated/α-hetero) is 4. The molecular weight excluding hydrogens is 360 g/mol. The molecule has 140 valence electrons. The quantitative estimate of drug-likeness (QED) is 0.801. The van der Waals surface area contributed by atoms with Crippen LogP contribution in [-0.2, 0) is 0 Å². The van der Waals surface area contributed by atoms with E-state index in [1.165, 1.54) is 14.2 Å². The second-order valence-corrected chi connectivity index (χ2v) is 7.33. The lowest BCUT2D eigenvalue weighted by atomic mass is 9.45. The number of rotatable bonds is 2. The molecule has 5 rings (SSSR count). The van der Waals surface area contributed by atoms with E-state index in [1.54, 1.807) is 36.4 Å². The maximum absolute atomic E-state index is 13.2. The highest BCUT2D eigenvalue weighted by Crippen LogP contribution is 2.58. The van der Waals surface area contributed by atoms with Crippen LogP contribution >= 0.6 is 0 Å². The number of hydrogen-bond donors (Lipinski definition) is 0. The third-order valence-corrected chi connectivity index (χ3v) is 6.27. The molecule has 2 aromatic rings. The summed E-state index contributed by atoms with van der Waals surface area (Å²) < 4.78 is 10.5. The van der Waals surface area contributed by atoms with Gasteiger partial charge < -0.3 is 9.47 Å². The van der Waals surface area contributed by atoms with Gasteiger partial charge in [-0.05, 0) is 12.1 Å². The molecular formula is C22H16O6. The fraction of sp³-hybridized carbons (Fsp3) is 0.273. The summed E-state index contributed by atoms with van der Waals surface area (Å²) in [6.45, 7) is 0. The number of methoxy groups -OCH3 is 2. The van der Waals surface area contributed by atoms with E-state index in [9.17, 15) is 19.2 Å². The average molecular weight is 376 g/mol. The molecule has 3 aliphatic carbocycles. The molecule has 28 heavy (non-hydrogen) atoms. The van der Waals surface area contributed by atoms with E-state index in [2.05, 4.69) is 0 Å². The van der Waals surface area contributed by atoms with Crippen molar-refractivity contribution in [3.05, 3.63) is 58.7 Å². The summed E-state index contributed by atoms with van der Waals surface area (Å²) in [6.07, 6.45) is 0. The number of fused-ring (bicyclic) bond motifs is 6. The van der Waals surface area contributed by atoms with Crippen LogP contribution in [-0.4, -0.2) is 37.4 Å². The van der Waals surface area contributed by atoms with E-state index in [0.29, 0.717) is 11.5 Å². The number of carbonyl (C=O) groups is 4. The van der Waals surface area contributed by atoms with Gasteiger partial charge in [0.15, 0.2) is 23.1 Å². The highest BCUT2D eigenvalue weighted by Gasteiger charge is 2.67.